The Balaban J connectivity index is 2.35. The highest BCUT2D eigenvalue weighted by atomic mass is 19.4. The van der Waals surface area contributed by atoms with Crippen LogP contribution in [0, 0.1) is 5.41 Å². The van der Waals surface area contributed by atoms with Crippen LogP contribution in [-0.4, -0.2) is 54.1 Å². The van der Waals surface area contributed by atoms with E-state index in [9.17, 15) is 32.7 Å². The van der Waals surface area contributed by atoms with Gasteiger partial charge in [0.05, 0.1) is 17.9 Å². The molecule has 3 N–H and O–H groups in total. The van der Waals surface area contributed by atoms with Crippen LogP contribution in [0.1, 0.15) is 52.9 Å². The number of rotatable bonds is 9. The molecule has 1 fully saturated rings. The number of nitrogens with one attached hydrogen (secondary N) is 2. The summed E-state index contributed by atoms with van der Waals surface area (Å²) in [6, 6.07) is 5.11. The van der Waals surface area contributed by atoms with Gasteiger partial charge in [-0.1, -0.05) is 52.2 Å². The van der Waals surface area contributed by atoms with E-state index in [2.05, 4.69) is 5.32 Å². The SMILES string of the molecule is CC(C)(C)C(=O)CNc1ccccc1N(C[C@@H](NC(=O)C(F)(F)F)C(=O)O)C1CCCCC1. The highest BCUT2D eigenvalue weighted by Crippen LogP contribution is 2.33. The summed E-state index contributed by atoms with van der Waals surface area (Å²) in [5, 5.41) is 14.3. The lowest BCUT2D eigenvalue weighted by atomic mass is 9.91. The third kappa shape index (κ3) is 7.64. The summed E-state index contributed by atoms with van der Waals surface area (Å²) >= 11 is 0. The molecule has 7 nitrogen and oxygen atoms in total. The summed E-state index contributed by atoms with van der Waals surface area (Å²) in [6.45, 7) is 5.12. The predicted octanol–water partition coefficient (Wildman–Crippen LogP) is 3.98. The van der Waals surface area contributed by atoms with E-state index in [1.165, 1.54) is 0 Å². The fourth-order valence-electron chi connectivity index (χ4n) is 3.77. The number of carboxylic acids is 1. The summed E-state index contributed by atoms with van der Waals surface area (Å²) in [7, 11) is 0. The molecule has 1 amide bonds. The van der Waals surface area contributed by atoms with Crippen LogP contribution in [0.5, 0.6) is 0 Å². The van der Waals surface area contributed by atoms with Gasteiger partial charge < -0.3 is 20.6 Å². The van der Waals surface area contributed by atoms with Gasteiger partial charge >= 0.3 is 18.1 Å². The van der Waals surface area contributed by atoms with Crippen LogP contribution in [0.15, 0.2) is 24.3 Å². The second-order valence-electron chi connectivity index (χ2n) is 9.35. The molecule has 2 rings (SSSR count). The van der Waals surface area contributed by atoms with E-state index >= 15 is 0 Å². The predicted molar refractivity (Wildman–Crippen MR) is 119 cm³/mol. The first-order valence-corrected chi connectivity index (χ1v) is 11.0. The van der Waals surface area contributed by atoms with Crippen molar-refractivity contribution < 1.29 is 32.7 Å². The van der Waals surface area contributed by atoms with Crippen LogP contribution in [0.25, 0.3) is 0 Å². The molecular formula is C23H32F3N3O4. The Bertz CT molecular complexity index is 846. The van der Waals surface area contributed by atoms with E-state index in [0.717, 1.165) is 32.1 Å². The first-order chi connectivity index (χ1) is 15.3. The number of amides is 1. The van der Waals surface area contributed by atoms with Gasteiger partial charge in [0.1, 0.15) is 6.04 Å². The van der Waals surface area contributed by atoms with Crippen LogP contribution in [-0.2, 0) is 14.4 Å². The number of nitrogens with zero attached hydrogens (tertiary/aromatic N) is 1. The summed E-state index contributed by atoms with van der Waals surface area (Å²) < 4.78 is 38.3. The smallest absolute Gasteiger partial charge is 0.471 e. The van der Waals surface area contributed by atoms with Crippen LogP contribution in [0.3, 0.4) is 0 Å². The molecule has 0 radical (unpaired) electrons. The fraction of sp³-hybridized carbons (Fsp3) is 0.609. The molecule has 1 aliphatic rings. The van der Waals surface area contributed by atoms with E-state index in [4.69, 9.17) is 0 Å². The van der Waals surface area contributed by atoms with Gasteiger partial charge in [-0.2, -0.15) is 13.2 Å². The summed E-state index contributed by atoms with van der Waals surface area (Å²) in [5.74, 6) is -3.87. The minimum atomic E-state index is -5.18. The number of carboxylic acid groups (broad SMARTS) is 1. The second-order valence-corrected chi connectivity index (χ2v) is 9.35. The van der Waals surface area contributed by atoms with Crippen molar-refractivity contribution in [2.45, 2.75) is 71.1 Å². The number of anilines is 2. The molecule has 0 aromatic heterocycles. The number of alkyl halides is 3. The molecule has 1 aromatic carbocycles. The first kappa shape index (κ1) is 26.5. The van der Waals surface area contributed by atoms with E-state index in [1.807, 2.05) is 0 Å². The minimum absolute atomic E-state index is 0.0256. The molecule has 1 saturated carbocycles. The van der Waals surface area contributed by atoms with Crippen molar-refractivity contribution in [2.24, 2.45) is 5.41 Å². The molecule has 184 valence electrons. The number of aliphatic carboxylic acids is 1. The van der Waals surface area contributed by atoms with Crippen molar-refractivity contribution in [3.05, 3.63) is 24.3 Å². The number of Topliss-reactive ketones (excluding diaryl/α,β-unsaturated/α-hetero) is 1. The molecule has 0 unspecified atom stereocenters. The summed E-state index contributed by atoms with van der Waals surface area (Å²) in [5.41, 5.74) is 0.604. The van der Waals surface area contributed by atoms with Gasteiger partial charge in [0.25, 0.3) is 0 Å². The zero-order valence-electron chi connectivity index (χ0n) is 19.2. The first-order valence-electron chi connectivity index (χ1n) is 11.0. The van der Waals surface area contributed by atoms with Gasteiger partial charge in [0.2, 0.25) is 0 Å². The molecule has 1 aromatic rings. The number of ketones is 1. The van der Waals surface area contributed by atoms with Crippen LogP contribution in [0.2, 0.25) is 0 Å². The molecular weight excluding hydrogens is 439 g/mol. The Labute approximate surface area is 191 Å². The number of para-hydroxylation sites is 2. The van der Waals surface area contributed by atoms with E-state index in [1.54, 1.807) is 55.3 Å². The van der Waals surface area contributed by atoms with Crippen LogP contribution in [0.4, 0.5) is 24.5 Å². The van der Waals surface area contributed by atoms with Crippen molar-refractivity contribution in [1.82, 2.24) is 5.32 Å². The normalized spacial score (nSPS) is 16.1. The summed E-state index contributed by atoms with van der Waals surface area (Å²) in [4.78, 5) is 37.3. The standard InChI is InChI=1S/C23H32F3N3O4/c1-22(2,3)19(30)13-27-16-11-7-8-12-18(16)29(15-9-5-4-6-10-15)14-17(20(31)32)28-21(33)23(24,25)26/h7-8,11-12,15,17,27H,4-6,9-10,13-14H2,1-3H3,(H,28,33)(H,31,32)/t17-/m1/s1. The second kappa shape index (κ2) is 10.9. The Morgan fingerprint density at radius 1 is 1.09 bits per heavy atom. The average molecular weight is 472 g/mol. The van der Waals surface area contributed by atoms with E-state index in [0.29, 0.717) is 11.4 Å². The van der Waals surface area contributed by atoms with Gasteiger partial charge in [0.15, 0.2) is 5.78 Å². The maximum absolute atomic E-state index is 12.8. The fourth-order valence-corrected chi connectivity index (χ4v) is 3.77. The molecule has 0 saturated heterocycles. The zero-order chi connectivity index (χ0) is 24.8. The molecule has 0 heterocycles. The summed E-state index contributed by atoms with van der Waals surface area (Å²) in [6.07, 6.45) is -0.852. The Morgan fingerprint density at radius 2 is 1.70 bits per heavy atom. The lowest BCUT2D eigenvalue weighted by molar-refractivity contribution is -0.175. The Hall–Kier alpha value is -2.78. The van der Waals surface area contributed by atoms with E-state index < -0.39 is 29.5 Å². The third-order valence-corrected chi connectivity index (χ3v) is 5.75. The van der Waals surface area contributed by atoms with Crippen molar-refractivity contribution in [3.63, 3.8) is 0 Å². The topological polar surface area (TPSA) is 98.7 Å². The van der Waals surface area contributed by atoms with Crippen LogP contribution >= 0.6 is 0 Å². The van der Waals surface area contributed by atoms with Gasteiger partial charge in [0, 0.05) is 18.0 Å². The van der Waals surface area contributed by atoms with Gasteiger partial charge in [-0.15, -0.1) is 0 Å². The average Bonchev–Trinajstić information content (AvgIpc) is 2.74. The minimum Gasteiger partial charge on any atom is -0.480 e. The van der Waals surface area contributed by atoms with Gasteiger partial charge in [-0.3, -0.25) is 9.59 Å². The van der Waals surface area contributed by atoms with E-state index in [-0.39, 0.29) is 24.9 Å². The van der Waals surface area contributed by atoms with Crippen molar-refractivity contribution in [1.29, 1.82) is 0 Å². The number of hydrogen-bond donors (Lipinski definition) is 3. The molecule has 10 heteroatoms. The largest absolute Gasteiger partial charge is 0.480 e. The number of halogens is 3. The maximum Gasteiger partial charge on any atom is 0.471 e. The quantitative estimate of drug-likeness (QED) is 0.504. The molecule has 0 aliphatic heterocycles. The Kier molecular flexibility index (Phi) is 8.74. The molecule has 1 aliphatic carbocycles. The molecule has 1 atom stereocenters. The monoisotopic (exact) mass is 471 g/mol. The number of benzene rings is 1. The molecule has 33 heavy (non-hydrogen) atoms. The molecule has 0 bridgehead atoms. The molecule has 0 spiro atoms. The number of carbonyl (C=O) groups excluding carboxylic acids is 2. The third-order valence-electron chi connectivity index (χ3n) is 5.75. The van der Waals surface area contributed by atoms with Gasteiger partial charge in [-0.25, -0.2) is 4.79 Å². The van der Waals surface area contributed by atoms with Crippen molar-refractivity contribution in [2.75, 3.05) is 23.3 Å². The lowest BCUT2D eigenvalue weighted by Gasteiger charge is -2.39. The number of carbonyl (C=O) groups is 3. The van der Waals surface area contributed by atoms with Crippen LogP contribution < -0.4 is 15.5 Å². The highest BCUT2D eigenvalue weighted by Gasteiger charge is 2.41. The highest BCUT2D eigenvalue weighted by molar-refractivity contribution is 5.89. The van der Waals surface area contributed by atoms with Crippen molar-refractivity contribution in [3.8, 4) is 0 Å². The van der Waals surface area contributed by atoms with Crippen molar-refractivity contribution >= 4 is 29.0 Å². The number of hydrogen-bond acceptors (Lipinski definition) is 5. The maximum atomic E-state index is 12.8. The zero-order valence-corrected chi connectivity index (χ0v) is 19.2. The lowest BCUT2D eigenvalue weighted by Crippen LogP contribution is -2.54. The van der Waals surface area contributed by atoms with Gasteiger partial charge in [-0.05, 0) is 25.0 Å². The Morgan fingerprint density at radius 3 is 2.24 bits per heavy atom.